The van der Waals surface area contributed by atoms with Crippen molar-refractivity contribution in [2.75, 3.05) is 26.9 Å². The lowest BCUT2D eigenvalue weighted by Gasteiger charge is -2.73. The maximum atomic E-state index is 12.1. The molecule has 1 unspecified atom stereocenters. The van der Waals surface area contributed by atoms with E-state index in [2.05, 4.69) is 40.7 Å². The van der Waals surface area contributed by atoms with Crippen molar-refractivity contribution in [2.24, 2.45) is 50.2 Å². The number of aliphatic hydroxyl groups excluding tert-OH is 9. The molecule has 14 heteroatoms. The molecule has 7 aliphatic rings. The van der Waals surface area contributed by atoms with Crippen LogP contribution < -0.4 is 0 Å². The number of hydrogen-bond acceptors (Lipinski definition) is 14. The summed E-state index contributed by atoms with van der Waals surface area (Å²) in [7, 11) is 1.78. The summed E-state index contributed by atoms with van der Waals surface area (Å²) in [5.41, 5.74) is -0.934. The number of methoxy groups -OCH3 is 1. The minimum atomic E-state index is -1.74. The molecule has 0 amide bonds. The molecule has 0 bridgehead atoms. The molecule has 4 saturated carbocycles. The summed E-state index contributed by atoms with van der Waals surface area (Å²) in [4.78, 5) is 0. The van der Waals surface area contributed by atoms with Gasteiger partial charge < -0.3 is 69.6 Å². The zero-order valence-electron chi connectivity index (χ0n) is 35.2. The molecular weight excluding hydrogens is 740 g/mol. The Morgan fingerprint density at radius 3 is 2.05 bits per heavy atom. The Balaban J connectivity index is 1.17. The van der Waals surface area contributed by atoms with Gasteiger partial charge in [0.1, 0.15) is 42.7 Å². The van der Waals surface area contributed by atoms with E-state index in [-0.39, 0.29) is 58.7 Å². The van der Waals surface area contributed by atoms with Gasteiger partial charge in [0.2, 0.25) is 0 Å². The normalized spacial score (nSPS) is 56.1. The first kappa shape index (κ1) is 44.2. The highest BCUT2D eigenvalue weighted by Crippen LogP contribution is 2.76. The molecule has 7 rings (SSSR count). The van der Waals surface area contributed by atoms with Crippen LogP contribution in [0.15, 0.2) is 11.6 Å². The van der Waals surface area contributed by atoms with Crippen molar-refractivity contribution in [1.29, 1.82) is 0 Å². The molecule has 328 valence electrons. The fraction of sp³-hybridized carbons (Fsp3) is 0.953. The Kier molecular flexibility index (Phi) is 11.8. The first-order chi connectivity index (χ1) is 26.6. The van der Waals surface area contributed by atoms with E-state index in [9.17, 15) is 46.0 Å². The minimum absolute atomic E-state index is 0.0303. The molecule has 57 heavy (non-hydrogen) atoms. The largest absolute Gasteiger partial charge is 0.396 e. The first-order valence-corrected chi connectivity index (χ1v) is 21.4. The second-order valence-electron chi connectivity index (χ2n) is 21.0. The van der Waals surface area contributed by atoms with Crippen LogP contribution >= 0.6 is 0 Å². The van der Waals surface area contributed by atoms with Crippen LogP contribution in [-0.2, 0) is 23.7 Å². The molecular formula is C43H72O14. The number of rotatable bonds is 8. The maximum Gasteiger partial charge on any atom is 0.187 e. The Hall–Kier alpha value is -0.820. The Bertz CT molecular complexity index is 1490. The van der Waals surface area contributed by atoms with Crippen molar-refractivity contribution in [2.45, 2.75) is 180 Å². The summed E-state index contributed by atoms with van der Waals surface area (Å²) >= 11 is 0. The van der Waals surface area contributed by atoms with E-state index in [4.69, 9.17) is 23.7 Å². The van der Waals surface area contributed by atoms with Crippen LogP contribution in [0.1, 0.15) is 99.8 Å². The molecule has 0 aromatic rings. The van der Waals surface area contributed by atoms with Gasteiger partial charge in [-0.1, -0.05) is 53.2 Å². The van der Waals surface area contributed by atoms with Gasteiger partial charge in [-0.2, -0.15) is 0 Å². The fourth-order valence-electron chi connectivity index (χ4n) is 14.0. The van der Waals surface area contributed by atoms with Crippen LogP contribution in [-0.4, -0.2) is 153 Å². The summed E-state index contributed by atoms with van der Waals surface area (Å²) < 4.78 is 30.6. The van der Waals surface area contributed by atoms with Gasteiger partial charge in [-0.15, -0.1) is 0 Å². The molecule has 14 nitrogen and oxygen atoms in total. The van der Waals surface area contributed by atoms with Crippen LogP contribution in [0.25, 0.3) is 0 Å². The van der Waals surface area contributed by atoms with E-state index in [0.29, 0.717) is 12.8 Å². The predicted octanol–water partition coefficient (Wildman–Crippen LogP) is 1.39. The lowest BCUT2D eigenvalue weighted by Crippen LogP contribution is -2.70. The Morgan fingerprint density at radius 2 is 1.42 bits per heavy atom. The predicted molar refractivity (Wildman–Crippen MR) is 205 cm³/mol. The topological polar surface area (TPSA) is 228 Å². The van der Waals surface area contributed by atoms with Crippen LogP contribution in [0.5, 0.6) is 0 Å². The fourth-order valence-corrected chi connectivity index (χ4v) is 14.0. The highest BCUT2D eigenvalue weighted by Gasteiger charge is 2.72. The van der Waals surface area contributed by atoms with E-state index in [1.807, 2.05) is 6.92 Å². The third kappa shape index (κ3) is 6.48. The van der Waals surface area contributed by atoms with Gasteiger partial charge in [-0.25, -0.2) is 0 Å². The van der Waals surface area contributed by atoms with Crippen LogP contribution in [0.3, 0.4) is 0 Å². The van der Waals surface area contributed by atoms with Crippen molar-refractivity contribution in [3.8, 4) is 0 Å². The average molecular weight is 813 g/mol. The first-order valence-electron chi connectivity index (χ1n) is 21.4. The summed E-state index contributed by atoms with van der Waals surface area (Å²) in [5, 5.41) is 98.1. The van der Waals surface area contributed by atoms with Crippen LogP contribution in [0, 0.1) is 50.2 Å². The number of hydrogen-bond donors (Lipinski definition) is 9. The van der Waals surface area contributed by atoms with Gasteiger partial charge in [0.05, 0.1) is 44.2 Å². The molecule has 0 spiro atoms. The molecule has 5 aliphatic carbocycles. The standard InChI is InChI=1S/C43H72O14/c1-21-29(48)34(57-36-32(51)31(50)30(49)25(18-44)55-36)33(52)37(54-21)56-28-10-11-39(4)26(40(28,5)19-45)9-12-41(6)35(39)24(53-8)15-22-23-16-38(2,3)13-14-43(23,20-46)27(47)17-42(22,41)7/h15,21,23-37,44-52H,9-14,16-20H2,1-8H3/t21-,23+,24-,25-,26-,27-,28+,29+,30-,31+,32-,33-,34+,35?,36+,37+,39+,40+,41-,42-,43-/m1/s1. The third-order valence-electron chi connectivity index (χ3n) is 17.7. The van der Waals surface area contributed by atoms with E-state index in [1.54, 1.807) is 14.0 Å². The van der Waals surface area contributed by atoms with Gasteiger partial charge >= 0.3 is 0 Å². The second-order valence-corrected chi connectivity index (χ2v) is 21.0. The van der Waals surface area contributed by atoms with Gasteiger partial charge in [-0.05, 0) is 91.8 Å². The number of aliphatic hydroxyl groups is 9. The molecule has 9 N–H and O–H groups in total. The van der Waals surface area contributed by atoms with Gasteiger partial charge in [-0.3, -0.25) is 0 Å². The van der Waals surface area contributed by atoms with E-state index >= 15 is 0 Å². The monoisotopic (exact) mass is 812 g/mol. The zero-order valence-corrected chi connectivity index (χ0v) is 35.2. The van der Waals surface area contributed by atoms with E-state index in [1.165, 1.54) is 5.57 Å². The Labute approximate surface area is 337 Å². The van der Waals surface area contributed by atoms with Crippen LogP contribution in [0.4, 0.5) is 0 Å². The number of ether oxygens (including phenoxy) is 5. The molecule has 0 aromatic heterocycles. The van der Waals surface area contributed by atoms with Gasteiger partial charge in [0, 0.05) is 23.9 Å². The molecule has 2 aliphatic heterocycles. The van der Waals surface area contributed by atoms with Crippen molar-refractivity contribution < 1.29 is 69.6 Å². The van der Waals surface area contributed by atoms with Crippen molar-refractivity contribution in [3.05, 3.63) is 11.6 Å². The summed E-state index contributed by atoms with van der Waals surface area (Å²) in [6, 6.07) is 0. The minimum Gasteiger partial charge on any atom is -0.396 e. The van der Waals surface area contributed by atoms with Crippen molar-refractivity contribution in [1.82, 2.24) is 0 Å². The highest BCUT2D eigenvalue weighted by atomic mass is 16.7. The van der Waals surface area contributed by atoms with Gasteiger partial charge in [0.15, 0.2) is 12.6 Å². The quantitative estimate of drug-likeness (QED) is 0.125. The van der Waals surface area contributed by atoms with Gasteiger partial charge in [0.25, 0.3) is 0 Å². The second kappa shape index (κ2) is 15.2. The maximum absolute atomic E-state index is 12.1. The summed E-state index contributed by atoms with van der Waals surface area (Å²) in [5.74, 6) is 0.0264. The lowest BCUT2D eigenvalue weighted by molar-refractivity contribution is -0.368. The van der Waals surface area contributed by atoms with Crippen LogP contribution in [0.2, 0.25) is 0 Å². The lowest BCUT2D eigenvalue weighted by atomic mass is 9.32. The number of allylic oxidation sites excluding steroid dienone is 1. The SMILES string of the molecule is CO[C@@H]1C=C2[C@@H]3CC(C)(C)CC[C@]3(CO)[C@H](O)C[C@@]2(C)[C@]2(C)CC[C@H]3[C@](C)(CO)[C@@H](O[C@@H]4O[C@H](C)[C@H](O)[C@H](O[C@@H]5O[C@H](CO)[C@@H](O)[C@H](O)[C@H]5O)[C@H]4O)CC[C@]3(C)C12. The molecule has 0 aromatic carbocycles. The summed E-state index contributed by atoms with van der Waals surface area (Å²) in [6.45, 7) is 14.4. The molecule has 2 saturated heterocycles. The smallest absolute Gasteiger partial charge is 0.187 e. The molecule has 0 radical (unpaired) electrons. The summed E-state index contributed by atoms with van der Waals surface area (Å²) in [6.07, 6.45) is -7.49. The Morgan fingerprint density at radius 1 is 0.737 bits per heavy atom. The zero-order chi connectivity index (χ0) is 41.8. The molecule has 2 heterocycles. The molecule has 21 atom stereocenters. The van der Waals surface area contributed by atoms with E-state index < -0.39 is 91.1 Å². The highest BCUT2D eigenvalue weighted by molar-refractivity contribution is 5.37. The third-order valence-corrected chi connectivity index (χ3v) is 17.7. The van der Waals surface area contributed by atoms with E-state index in [0.717, 1.165) is 38.5 Å². The van der Waals surface area contributed by atoms with Crippen molar-refractivity contribution >= 4 is 0 Å². The average Bonchev–Trinajstić information content (AvgIpc) is 3.16. The molecule has 6 fully saturated rings. The number of fused-ring (bicyclic) bond motifs is 7. The van der Waals surface area contributed by atoms with Crippen molar-refractivity contribution in [3.63, 3.8) is 0 Å².